The Hall–Kier alpha value is -2.04. The summed E-state index contributed by atoms with van der Waals surface area (Å²) in [5, 5.41) is 14.5. The lowest BCUT2D eigenvalue weighted by Gasteiger charge is -2.30. The quantitative estimate of drug-likeness (QED) is 0.323. The zero-order chi connectivity index (χ0) is 13.8. The van der Waals surface area contributed by atoms with E-state index in [0.29, 0.717) is 6.42 Å². The van der Waals surface area contributed by atoms with Crippen LogP contribution >= 0.6 is 0 Å². The van der Waals surface area contributed by atoms with Crippen LogP contribution in [0.1, 0.15) is 36.8 Å². The SMILES string of the molecule is CCC(CC(N)=NO)NC(=O)C1Cc2ccccc21. The first-order chi connectivity index (χ1) is 9.15. The number of carbonyl (C=O) groups excluding carboxylic acids is 1. The Kier molecular flexibility index (Phi) is 4.04. The van der Waals surface area contributed by atoms with Crippen molar-refractivity contribution in [2.24, 2.45) is 10.9 Å². The number of fused-ring (bicyclic) bond motifs is 1. The minimum Gasteiger partial charge on any atom is -0.409 e. The second-order valence-electron chi connectivity index (χ2n) is 4.86. The molecule has 0 heterocycles. The molecule has 5 nitrogen and oxygen atoms in total. The summed E-state index contributed by atoms with van der Waals surface area (Å²) in [7, 11) is 0. The summed E-state index contributed by atoms with van der Waals surface area (Å²) >= 11 is 0. The lowest BCUT2D eigenvalue weighted by Crippen LogP contribution is -2.42. The largest absolute Gasteiger partial charge is 0.409 e. The van der Waals surface area contributed by atoms with Crippen LogP contribution in [0.25, 0.3) is 0 Å². The fourth-order valence-corrected chi connectivity index (χ4v) is 2.39. The second kappa shape index (κ2) is 5.73. The van der Waals surface area contributed by atoms with Gasteiger partial charge < -0.3 is 16.3 Å². The van der Waals surface area contributed by atoms with Crippen LogP contribution < -0.4 is 11.1 Å². The van der Waals surface area contributed by atoms with Crippen molar-refractivity contribution in [2.45, 2.75) is 38.1 Å². The van der Waals surface area contributed by atoms with E-state index in [-0.39, 0.29) is 23.7 Å². The molecule has 0 saturated carbocycles. The number of nitrogens with two attached hydrogens (primary N) is 1. The predicted molar refractivity (Wildman–Crippen MR) is 73.1 cm³/mol. The highest BCUT2D eigenvalue weighted by atomic mass is 16.4. The van der Waals surface area contributed by atoms with Crippen LogP contribution in [-0.4, -0.2) is 23.0 Å². The molecule has 0 fully saturated rings. The van der Waals surface area contributed by atoms with Gasteiger partial charge in [-0.25, -0.2) is 0 Å². The molecular formula is C14H19N3O2. The van der Waals surface area contributed by atoms with Gasteiger partial charge in [0, 0.05) is 12.5 Å². The summed E-state index contributed by atoms with van der Waals surface area (Å²) in [5.74, 6) is 0.106. The third-order valence-corrected chi connectivity index (χ3v) is 3.59. The maximum atomic E-state index is 12.2. The van der Waals surface area contributed by atoms with Crippen molar-refractivity contribution in [3.8, 4) is 0 Å². The molecular weight excluding hydrogens is 242 g/mol. The number of nitrogens with one attached hydrogen (secondary N) is 1. The molecule has 0 radical (unpaired) electrons. The Morgan fingerprint density at radius 2 is 2.32 bits per heavy atom. The van der Waals surface area contributed by atoms with Crippen LogP contribution in [0, 0.1) is 0 Å². The average molecular weight is 261 g/mol. The maximum absolute atomic E-state index is 12.2. The van der Waals surface area contributed by atoms with Gasteiger partial charge in [-0.1, -0.05) is 36.3 Å². The number of oxime groups is 1. The molecule has 1 aromatic carbocycles. The summed E-state index contributed by atoms with van der Waals surface area (Å²) in [6, 6.07) is 7.89. The number of rotatable bonds is 5. The number of benzene rings is 1. The Balaban J connectivity index is 1.95. The molecule has 4 N–H and O–H groups in total. The first-order valence-corrected chi connectivity index (χ1v) is 6.50. The van der Waals surface area contributed by atoms with Crippen LogP contribution in [0.2, 0.25) is 0 Å². The van der Waals surface area contributed by atoms with Crippen molar-refractivity contribution in [1.29, 1.82) is 0 Å². The average Bonchev–Trinajstić information content (AvgIpc) is 2.39. The van der Waals surface area contributed by atoms with Gasteiger partial charge in [0.25, 0.3) is 0 Å². The van der Waals surface area contributed by atoms with Gasteiger partial charge in [-0.3, -0.25) is 4.79 Å². The second-order valence-corrected chi connectivity index (χ2v) is 4.86. The van der Waals surface area contributed by atoms with E-state index >= 15 is 0 Å². The Bertz CT molecular complexity index is 499. The topological polar surface area (TPSA) is 87.7 Å². The number of amidine groups is 1. The van der Waals surface area contributed by atoms with E-state index in [1.165, 1.54) is 5.56 Å². The van der Waals surface area contributed by atoms with E-state index < -0.39 is 0 Å². The van der Waals surface area contributed by atoms with E-state index in [1.807, 2.05) is 31.2 Å². The van der Waals surface area contributed by atoms with Crippen molar-refractivity contribution in [1.82, 2.24) is 5.32 Å². The van der Waals surface area contributed by atoms with Gasteiger partial charge in [0.1, 0.15) is 5.84 Å². The van der Waals surface area contributed by atoms with Crippen molar-refractivity contribution in [3.63, 3.8) is 0 Å². The number of nitrogens with zero attached hydrogens (tertiary/aromatic N) is 1. The number of hydrogen-bond acceptors (Lipinski definition) is 3. The number of amides is 1. The minimum absolute atomic E-state index is 0.0243. The summed E-state index contributed by atoms with van der Waals surface area (Å²) in [5.41, 5.74) is 7.83. The van der Waals surface area contributed by atoms with E-state index in [1.54, 1.807) is 0 Å². The molecule has 0 bridgehead atoms. The van der Waals surface area contributed by atoms with Crippen LogP contribution in [0.15, 0.2) is 29.4 Å². The molecule has 1 aromatic rings. The Morgan fingerprint density at radius 3 is 2.95 bits per heavy atom. The fraction of sp³-hybridized carbons (Fsp3) is 0.429. The van der Waals surface area contributed by atoms with Gasteiger partial charge in [-0.2, -0.15) is 0 Å². The van der Waals surface area contributed by atoms with E-state index in [0.717, 1.165) is 18.4 Å². The molecule has 1 amide bonds. The summed E-state index contributed by atoms with van der Waals surface area (Å²) < 4.78 is 0. The van der Waals surface area contributed by atoms with Gasteiger partial charge in [0.15, 0.2) is 0 Å². The molecule has 19 heavy (non-hydrogen) atoms. The molecule has 0 spiro atoms. The van der Waals surface area contributed by atoms with E-state index in [2.05, 4.69) is 10.5 Å². The molecule has 2 unspecified atom stereocenters. The number of hydrogen-bond donors (Lipinski definition) is 3. The molecule has 0 aliphatic heterocycles. The third-order valence-electron chi connectivity index (χ3n) is 3.59. The normalized spacial score (nSPS) is 19.2. The van der Waals surface area contributed by atoms with E-state index in [9.17, 15) is 4.79 Å². The molecule has 0 saturated heterocycles. The third kappa shape index (κ3) is 2.86. The van der Waals surface area contributed by atoms with Crippen LogP contribution in [0.5, 0.6) is 0 Å². The fourth-order valence-electron chi connectivity index (χ4n) is 2.39. The van der Waals surface area contributed by atoms with Crippen LogP contribution in [0.4, 0.5) is 0 Å². The first-order valence-electron chi connectivity index (χ1n) is 6.50. The molecule has 102 valence electrons. The van der Waals surface area contributed by atoms with Gasteiger partial charge in [-0.05, 0) is 24.0 Å². The molecule has 2 rings (SSSR count). The highest BCUT2D eigenvalue weighted by Crippen LogP contribution is 2.34. The Morgan fingerprint density at radius 1 is 1.58 bits per heavy atom. The highest BCUT2D eigenvalue weighted by molar-refractivity contribution is 5.88. The molecule has 1 aliphatic rings. The lowest BCUT2D eigenvalue weighted by atomic mass is 9.77. The number of carbonyl (C=O) groups is 1. The van der Waals surface area contributed by atoms with Crippen LogP contribution in [0.3, 0.4) is 0 Å². The molecule has 5 heteroatoms. The highest BCUT2D eigenvalue weighted by Gasteiger charge is 2.32. The van der Waals surface area contributed by atoms with Crippen molar-refractivity contribution in [2.75, 3.05) is 0 Å². The minimum atomic E-state index is -0.0869. The zero-order valence-electron chi connectivity index (χ0n) is 11.0. The smallest absolute Gasteiger partial charge is 0.228 e. The van der Waals surface area contributed by atoms with Gasteiger partial charge in [0.2, 0.25) is 5.91 Å². The lowest BCUT2D eigenvalue weighted by molar-refractivity contribution is -0.123. The maximum Gasteiger partial charge on any atom is 0.228 e. The van der Waals surface area contributed by atoms with Crippen molar-refractivity contribution < 1.29 is 10.0 Å². The van der Waals surface area contributed by atoms with Gasteiger partial charge in [0.05, 0.1) is 5.92 Å². The van der Waals surface area contributed by atoms with Crippen LogP contribution in [-0.2, 0) is 11.2 Å². The summed E-state index contributed by atoms with van der Waals surface area (Å²) in [6.07, 6.45) is 1.91. The van der Waals surface area contributed by atoms with Crippen molar-refractivity contribution in [3.05, 3.63) is 35.4 Å². The summed E-state index contributed by atoms with van der Waals surface area (Å²) in [6.45, 7) is 1.96. The molecule has 2 atom stereocenters. The monoisotopic (exact) mass is 261 g/mol. The van der Waals surface area contributed by atoms with E-state index in [4.69, 9.17) is 10.9 Å². The standard InChI is InChI=1S/C14H19N3O2/c1-2-10(8-13(15)17-19)16-14(18)12-7-9-5-3-4-6-11(9)12/h3-6,10,12,19H,2,7-8H2,1H3,(H2,15,17)(H,16,18). The van der Waals surface area contributed by atoms with Crippen molar-refractivity contribution >= 4 is 11.7 Å². The molecule has 1 aliphatic carbocycles. The Labute approximate surface area is 112 Å². The molecule has 0 aromatic heterocycles. The predicted octanol–water partition coefficient (Wildman–Crippen LogP) is 1.36. The van der Waals surface area contributed by atoms with Gasteiger partial charge in [-0.15, -0.1) is 0 Å². The van der Waals surface area contributed by atoms with Gasteiger partial charge >= 0.3 is 0 Å². The summed E-state index contributed by atoms with van der Waals surface area (Å²) in [4.78, 5) is 12.2. The first kappa shape index (κ1) is 13.4. The zero-order valence-corrected chi connectivity index (χ0v) is 11.0.